The molecule has 0 saturated heterocycles. The molecular formula is C10H5Cl2NO5S2. The van der Waals surface area contributed by atoms with Gasteiger partial charge in [0.25, 0.3) is 5.69 Å². The molecule has 10 heteroatoms. The van der Waals surface area contributed by atoms with Crippen molar-refractivity contribution in [1.29, 1.82) is 0 Å². The van der Waals surface area contributed by atoms with Crippen molar-refractivity contribution in [2.24, 2.45) is 0 Å². The van der Waals surface area contributed by atoms with Crippen molar-refractivity contribution in [1.82, 2.24) is 0 Å². The van der Waals surface area contributed by atoms with Crippen LogP contribution in [0.25, 0.3) is 0 Å². The first kappa shape index (κ1) is 15.0. The number of hydrogen-bond acceptors (Lipinski definition) is 6. The molecule has 0 atom stereocenters. The van der Waals surface area contributed by atoms with Gasteiger partial charge in [-0.25, -0.2) is 0 Å². The maximum atomic E-state index is 12.0. The monoisotopic (exact) mass is 353 g/mol. The normalized spacial score (nSPS) is 11.3. The molecule has 0 unspecified atom stereocenters. The Morgan fingerprint density at radius 1 is 1.25 bits per heavy atom. The van der Waals surface area contributed by atoms with Gasteiger partial charge in [0, 0.05) is 6.07 Å². The molecule has 2 aromatic rings. The molecule has 0 radical (unpaired) electrons. The summed E-state index contributed by atoms with van der Waals surface area (Å²) in [4.78, 5) is 9.67. The van der Waals surface area contributed by atoms with Gasteiger partial charge in [0.15, 0.2) is 0 Å². The Morgan fingerprint density at radius 3 is 2.50 bits per heavy atom. The number of rotatable bonds is 4. The van der Waals surface area contributed by atoms with E-state index in [1.165, 1.54) is 18.2 Å². The third kappa shape index (κ3) is 3.21. The molecule has 1 aromatic carbocycles. The number of thiophene rings is 1. The molecule has 0 fully saturated rings. The molecule has 0 saturated carbocycles. The van der Waals surface area contributed by atoms with Crippen molar-refractivity contribution in [2.75, 3.05) is 0 Å². The largest absolute Gasteiger partial charge is 0.379 e. The number of nitro groups is 1. The van der Waals surface area contributed by atoms with E-state index in [0.717, 1.165) is 23.5 Å². The highest BCUT2D eigenvalue weighted by Gasteiger charge is 2.24. The van der Waals surface area contributed by atoms with E-state index >= 15 is 0 Å². The summed E-state index contributed by atoms with van der Waals surface area (Å²) in [7, 11) is -4.19. The standard InChI is InChI=1S/C10H5Cl2NO5S2/c11-9-5-8(10(12)19-9)20(16,17)18-7-3-1-2-6(4-7)13(14)15/h1-5H. The summed E-state index contributed by atoms with van der Waals surface area (Å²) in [5.41, 5.74) is -0.285. The fourth-order valence-electron chi connectivity index (χ4n) is 1.32. The van der Waals surface area contributed by atoms with Gasteiger partial charge in [-0.1, -0.05) is 29.3 Å². The average Bonchev–Trinajstić information content (AvgIpc) is 2.69. The van der Waals surface area contributed by atoms with Crippen LogP contribution in [0.3, 0.4) is 0 Å². The molecular weight excluding hydrogens is 349 g/mol. The van der Waals surface area contributed by atoms with Gasteiger partial charge in [-0.2, -0.15) is 8.42 Å². The summed E-state index contributed by atoms with van der Waals surface area (Å²) < 4.78 is 28.9. The first-order valence-electron chi connectivity index (χ1n) is 4.93. The fraction of sp³-hybridized carbons (Fsp3) is 0. The summed E-state index contributed by atoms with van der Waals surface area (Å²) in [6.45, 7) is 0. The zero-order chi connectivity index (χ0) is 14.9. The van der Waals surface area contributed by atoms with Gasteiger partial charge in [0.05, 0.1) is 15.3 Å². The third-order valence-electron chi connectivity index (χ3n) is 2.13. The Bertz CT molecular complexity index is 772. The van der Waals surface area contributed by atoms with E-state index in [4.69, 9.17) is 27.4 Å². The van der Waals surface area contributed by atoms with E-state index in [1.54, 1.807) is 0 Å². The van der Waals surface area contributed by atoms with Crippen molar-refractivity contribution in [2.45, 2.75) is 4.90 Å². The van der Waals surface area contributed by atoms with Crippen LogP contribution in [0.1, 0.15) is 0 Å². The van der Waals surface area contributed by atoms with E-state index in [-0.39, 0.29) is 25.0 Å². The molecule has 20 heavy (non-hydrogen) atoms. The maximum Gasteiger partial charge on any atom is 0.341 e. The highest BCUT2D eigenvalue weighted by molar-refractivity contribution is 7.87. The zero-order valence-corrected chi connectivity index (χ0v) is 12.6. The lowest BCUT2D eigenvalue weighted by atomic mass is 10.3. The summed E-state index contributed by atoms with van der Waals surface area (Å²) in [6.07, 6.45) is 0. The van der Waals surface area contributed by atoms with Crippen LogP contribution in [0.5, 0.6) is 5.75 Å². The molecule has 0 aliphatic heterocycles. The molecule has 0 amide bonds. The van der Waals surface area contributed by atoms with Gasteiger partial charge in [-0.3, -0.25) is 10.1 Å². The molecule has 0 spiro atoms. The molecule has 0 aliphatic rings. The second kappa shape index (κ2) is 5.57. The number of nitro benzene ring substituents is 1. The molecule has 0 aliphatic carbocycles. The maximum absolute atomic E-state index is 12.0. The van der Waals surface area contributed by atoms with E-state index in [9.17, 15) is 18.5 Å². The number of halogens is 2. The van der Waals surface area contributed by atoms with E-state index in [1.807, 2.05) is 0 Å². The second-order valence-corrected chi connectivity index (χ2v) is 7.28. The van der Waals surface area contributed by atoms with Crippen LogP contribution in [0.2, 0.25) is 8.67 Å². The van der Waals surface area contributed by atoms with Crippen molar-refractivity contribution in [3.63, 3.8) is 0 Å². The lowest BCUT2D eigenvalue weighted by Crippen LogP contribution is -2.09. The third-order valence-corrected chi connectivity index (χ3v) is 5.13. The van der Waals surface area contributed by atoms with E-state index in [2.05, 4.69) is 0 Å². The summed E-state index contributed by atoms with van der Waals surface area (Å²) in [5, 5.41) is 10.6. The number of benzene rings is 1. The first-order valence-corrected chi connectivity index (χ1v) is 7.91. The van der Waals surface area contributed by atoms with Gasteiger partial charge in [-0.15, -0.1) is 11.3 Å². The molecule has 1 heterocycles. The van der Waals surface area contributed by atoms with Crippen LogP contribution in [0.15, 0.2) is 35.2 Å². The predicted octanol–water partition coefficient (Wildman–Crippen LogP) is 3.73. The van der Waals surface area contributed by atoms with Crippen LogP contribution in [0.4, 0.5) is 5.69 Å². The minimum Gasteiger partial charge on any atom is -0.379 e. The lowest BCUT2D eigenvalue weighted by molar-refractivity contribution is -0.384. The Morgan fingerprint density at radius 2 is 1.95 bits per heavy atom. The molecule has 6 nitrogen and oxygen atoms in total. The van der Waals surface area contributed by atoms with Crippen molar-refractivity contribution >= 4 is 50.3 Å². The number of non-ortho nitro benzene ring substituents is 1. The highest BCUT2D eigenvalue weighted by atomic mass is 35.5. The molecule has 2 rings (SSSR count). The molecule has 106 valence electrons. The highest BCUT2D eigenvalue weighted by Crippen LogP contribution is 2.35. The molecule has 1 aromatic heterocycles. The van der Waals surface area contributed by atoms with Gasteiger partial charge in [0.1, 0.15) is 15.0 Å². The van der Waals surface area contributed by atoms with Crippen LogP contribution >= 0.6 is 34.5 Å². The van der Waals surface area contributed by atoms with E-state index < -0.39 is 15.0 Å². The van der Waals surface area contributed by atoms with Crippen LogP contribution in [0, 0.1) is 10.1 Å². The second-order valence-electron chi connectivity index (χ2n) is 3.48. The van der Waals surface area contributed by atoms with Crippen LogP contribution in [-0.2, 0) is 10.1 Å². The predicted molar refractivity (Wildman–Crippen MR) is 75.2 cm³/mol. The minimum atomic E-state index is -4.19. The summed E-state index contributed by atoms with van der Waals surface area (Å²) in [6, 6.07) is 5.96. The lowest BCUT2D eigenvalue weighted by Gasteiger charge is -2.05. The SMILES string of the molecule is O=[N+]([O-])c1cccc(OS(=O)(=O)c2cc(Cl)sc2Cl)c1. The number of hydrogen-bond donors (Lipinski definition) is 0. The quantitative estimate of drug-likeness (QED) is 0.474. The fourth-order valence-corrected chi connectivity index (χ4v) is 4.35. The van der Waals surface area contributed by atoms with Crippen molar-refractivity contribution in [3.8, 4) is 5.75 Å². The summed E-state index contributed by atoms with van der Waals surface area (Å²) in [5.74, 6) is -0.183. The van der Waals surface area contributed by atoms with Crippen LogP contribution in [-0.4, -0.2) is 13.3 Å². The number of nitrogens with zero attached hydrogens (tertiary/aromatic N) is 1. The molecule has 0 N–H and O–H groups in total. The first-order chi connectivity index (χ1) is 9.29. The van der Waals surface area contributed by atoms with Gasteiger partial charge in [-0.05, 0) is 12.1 Å². The Hall–Kier alpha value is -1.35. The van der Waals surface area contributed by atoms with Gasteiger partial charge < -0.3 is 4.18 Å². The zero-order valence-electron chi connectivity index (χ0n) is 9.45. The average molecular weight is 354 g/mol. The van der Waals surface area contributed by atoms with Gasteiger partial charge in [0.2, 0.25) is 0 Å². The van der Waals surface area contributed by atoms with Gasteiger partial charge >= 0.3 is 10.1 Å². The Balaban J connectivity index is 2.36. The van der Waals surface area contributed by atoms with Crippen molar-refractivity contribution in [3.05, 3.63) is 49.1 Å². The topological polar surface area (TPSA) is 86.5 Å². The van der Waals surface area contributed by atoms with Crippen LogP contribution < -0.4 is 4.18 Å². The Kier molecular flexibility index (Phi) is 4.19. The minimum absolute atomic E-state index is 0.0413. The Labute approximate surface area is 127 Å². The molecule has 0 bridgehead atoms. The van der Waals surface area contributed by atoms with Crippen molar-refractivity contribution < 1.29 is 17.5 Å². The smallest absolute Gasteiger partial charge is 0.341 e. The van der Waals surface area contributed by atoms with E-state index in [0.29, 0.717) is 0 Å². The summed E-state index contributed by atoms with van der Waals surface area (Å²) >= 11 is 12.3.